The minimum Gasteiger partial charge on any atom is -0.304 e. The third-order valence-corrected chi connectivity index (χ3v) is 4.45. The zero-order valence-corrected chi connectivity index (χ0v) is 10.2. The first-order valence-corrected chi connectivity index (χ1v) is 6.75. The third kappa shape index (κ3) is 3.32. The van der Waals surface area contributed by atoms with Crippen LogP contribution in [0.2, 0.25) is 0 Å². The summed E-state index contributed by atoms with van der Waals surface area (Å²) in [5.74, 6) is 1.92. The van der Waals surface area contributed by atoms with Crippen LogP contribution in [0.3, 0.4) is 0 Å². The molecule has 88 valence electrons. The van der Waals surface area contributed by atoms with Crippen molar-refractivity contribution in [3.05, 3.63) is 0 Å². The molecule has 0 aromatic carbocycles. The molecule has 0 spiro atoms. The van der Waals surface area contributed by atoms with E-state index in [1.807, 2.05) is 5.01 Å². The standard InChI is InChI=1S/C10H21N3OS/c1-11-5-7-12(8-6-11)13(14)15-9-10-3-2-4-10/h10,14H,2-9H2,1H3. The Kier molecular flexibility index (Phi) is 4.28. The molecule has 0 atom stereocenters. The van der Waals surface area contributed by atoms with Crippen molar-refractivity contribution in [3.63, 3.8) is 0 Å². The summed E-state index contributed by atoms with van der Waals surface area (Å²) in [6.07, 6.45) is 4.08. The molecule has 1 N–H and O–H groups in total. The molecule has 0 amide bonds. The highest BCUT2D eigenvalue weighted by atomic mass is 32.2. The van der Waals surface area contributed by atoms with Crippen LogP contribution in [0.15, 0.2) is 0 Å². The molecule has 0 aromatic heterocycles. The highest BCUT2D eigenvalue weighted by Crippen LogP contribution is 2.30. The van der Waals surface area contributed by atoms with Crippen LogP contribution >= 0.6 is 11.9 Å². The van der Waals surface area contributed by atoms with Gasteiger partial charge in [0.15, 0.2) is 0 Å². The fraction of sp³-hybridized carbons (Fsp3) is 1.00. The lowest BCUT2D eigenvalue weighted by molar-refractivity contribution is -0.169. The molecule has 1 aliphatic heterocycles. The molecule has 0 bridgehead atoms. The highest BCUT2D eigenvalue weighted by molar-refractivity contribution is 7.96. The van der Waals surface area contributed by atoms with Gasteiger partial charge in [-0.05, 0) is 37.8 Å². The summed E-state index contributed by atoms with van der Waals surface area (Å²) in [5, 5.41) is 11.9. The van der Waals surface area contributed by atoms with Crippen molar-refractivity contribution in [2.45, 2.75) is 19.3 Å². The minimum atomic E-state index is 0.845. The van der Waals surface area contributed by atoms with Crippen molar-refractivity contribution in [1.29, 1.82) is 0 Å². The molecule has 1 saturated carbocycles. The first kappa shape index (κ1) is 11.7. The lowest BCUT2D eigenvalue weighted by Gasteiger charge is -2.36. The van der Waals surface area contributed by atoms with Gasteiger partial charge in [0.25, 0.3) is 0 Å². The van der Waals surface area contributed by atoms with Crippen LogP contribution in [0.25, 0.3) is 0 Å². The Balaban J connectivity index is 1.63. The van der Waals surface area contributed by atoms with E-state index < -0.39 is 0 Å². The molecule has 5 heteroatoms. The maximum Gasteiger partial charge on any atom is 0.0293 e. The highest BCUT2D eigenvalue weighted by Gasteiger charge is 2.22. The van der Waals surface area contributed by atoms with Gasteiger partial charge in [0.2, 0.25) is 0 Å². The van der Waals surface area contributed by atoms with Crippen LogP contribution in [-0.2, 0) is 0 Å². The topological polar surface area (TPSA) is 30.0 Å². The van der Waals surface area contributed by atoms with E-state index in [2.05, 4.69) is 11.9 Å². The van der Waals surface area contributed by atoms with Crippen LogP contribution in [0, 0.1) is 5.92 Å². The Labute approximate surface area is 96.3 Å². The van der Waals surface area contributed by atoms with Gasteiger partial charge in [-0.15, -0.1) is 0 Å². The van der Waals surface area contributed by atoms with Gasteiger partial charge in [0.05, 0.1) is 0 Å². The van der Waals surface area contributed by atoms with Crippen LogP contribution < -0.4 is 0 Å². The molecule has 2 aliphatic rings. The molecule has 0 radical (unpaired) electrons. The van der Waals surface area contributed by atoms with Crippen molar-refractivity contribution in [2.75, 3.05) is 39.0 Å². The molecule has 0 unspecified atom stereocenters. The quantitative estimate of drug-likeness (QED) is 0.582. The third-order valence-electron chi connectivity index (χ3n) is 3.37. The van der Waals surface area contributed by atoms with E-state index in [0.717, 1.165) is 37.8 Å². The van der Waals surface area contributed by atoms with Crippen molar-refractivity contribution < 1.29 is 5.21 Å². The summed E-state index contributed by atoms with van der Waals surface area (Å²) in [4.78, 5) is 2.29. The Morgan fingerprint density at radius 1 is 1.27 bits per heavy atom. The van der Waals surface area contributed by atoms with Gasteiger partial charge in [-0.25, -0.2) is 5.01 Å². The monoisotopic (exact) mass is 231 g/mol. The Bertz CT molecular complexity index is 193. The average Bonchev–Trinajstić information content (AvgIpc) is 2.16. The predicted octanol–water partition coefficient (Wildman–Crippen LogP) is 1.29. The second-order valence-electron chi connectivity index (χ2n) is 4.60. The Morgan fingerprint density at radius 2 is 1.93 bits per heavy atom. The normalized spacial score (nSPS) is 25.8. The van der Waals surface area contributed by atoms with Crippen molar-refractivity contribution in [2.24, 2.45) is 5.92 Å². The van der Waals surface area contributed by atoms with Crippen molar-refractivity contribution in [1.82, 2.24) is 14.5 Å². The lowest BCUT2D eigenvalue weighted by Crippen LogP contribution is -2.49. The molecule has 0 aromatic rings. The van der Waals surface area contributed by atoms with E-state index in [-0.39, 0.29) is 0 Å². The van der Waals surface area contributed by atoms with Crippen LogP contribution in [0.1, 0.15) is 19.3 Å². The molecular weight excluding hydrogens is 210 g/mol. The molecular formula is C10H21N3OS. The van der Waals surface area contributed by atoms with Gasteiger partial charge in [-0.2, -0.15) is 0 Å². The number of hydrogen-bond acceptors (Lipinski definition) is 5. The molecule has 1 heterocycles. The molecule has 4 nitrogen and oxygen atoms in total. The van der Waals surface area contributed by atoms with E-state index in [9.17, 15) is 5.21 Å². The van der Waals surface area contributed by atoms with E-state index >= 15 is 0 Å². The van der Waals surface area contributed by atoms with Crippen molar-refractivity contribution in [3.8, 4) is 0 Å². The van der Waals surface area contributed by atoms with Gasteiger partial charge in [-0.1, -0.05) is 11.0 Å². The number of hydrogen-bond donors (Lipinski definition) is 1. The Morgan fingerprint density at radius 3 is 2.47 bits per heavy atom. The van der Waals surface area contributed by atoms with Gasteiger partial charge >= 0.3 is 0 Å². The second kappa shape index (κ2) is 5.50. The van der Waals surface area contributed by atoms with Gasteiger partial charge in [-0.3, -0.25) is 5.21 Å². The van der Waals surface area contributed by atoms with E-state index in [1.165, 1.54) is 23.8 Å². The molecule has 15 heavy (non-hydrogen) atoms. The molecule has 1 saturated heterocycles. The minimum absolute atomic E-state index is 0.845. The van der Waals surface area contributed by atoms with Crippen molar-refractivity contribution >= 4 is 11.9 Å². The number of nitrogens with zero attached hydrogens (tertiary/aromatic N) is 3. The Hall–Kier alpha value is 0.190. The summed E-state index contributed by atoms with van der Waals surface area (Å²) < 4.78 is 1.37. The maximum absolute atomic E-state index is 9.83. The largest absolute Gasteiger partial charge is 0.304 e. The SMILES string of the molecule is CN1CCN(N(O)SCC2CCC2)CC1. The summed E-state index contributed by atoms with van der Waals surface area (Å²) in [5.41, 5.74) is 0. The number of rotatable bonds is 4. The molecule has 2 fully saturated rings. The average molecular weight is 231 g/mol. The van der Waals surface area contributed by atoms with Gasteiger partial charge in [0.1, 0.15) is 0 Å². The lowest BCUT2D eigenvalue weighted by atomic mass is 9.87. The summed E-state index contributed by atoms with van der Waals surface area (Å²) in [6, 6.07) is 0. The number of piperazine rings is 1. The first-order chi connectivity index (χ1) is 7.25. The van der Waals surface area contributed by atoms with Crippen LogP contribution in [0.4, 0.5) is 0 Å². The molecule has 2 rings (SSSR count). The number of hydrazine groups is 1. The zero-order valence-electron chi connectivity index (χ0n) is 9.43. The van der Waals surface area contributed by atoms with E-state index in [0.29, 0.717) is 0 Å². The van der Waals surface area contributed by atoms with Gasteiger partial charge in [0, 0.05) is 31.9 Å². The first-order valence-electron chi connectivity index (χ1n) is 5.81. The fourth-order valence-corrected chi connectivity index (χ4v) is 2.88. The predicted molar refractivity (Wildman–Crippen MR) is 62.5 cm³/mol. The summed E-state index contributed by atoms with van der Waals surface area (Å²) in [6.45, 7) is 3.96. The maximum atomic E-state index is 9.83. The second-order valence-corrected chi connectivity index (χ2v) is 5.52. The summed E-state index contributed by atoms with van der Waals surface area (Å²) in [7, 11) is 2.13. The van der Waals surface area contributed by atoms with Gasteiger partial charge < -0.3 is 4.90 Å². The molecule has 1 aliphatic carbocycles. The fourth-order valence-electron chi connectivity index (χ4n) is 1.88. The number of likely N-dealkylation sites (N-methyl/N-ethyl adjacent to an activating group) is 1. The van der Waals surface area contributed by atoms with E-state index in [4.69, 9.17) is 0 Å². The summed E-state index contributed by atoms with van der Waals surface area (Å²) >= 11 is 1.56. The smallest absolute Gasteiger partial charge is 0.0293 e. The van der Waals surface area contributed by atoms with E-state index in [1.54, 1.807) is 11.9 Å². The van der Waals surface area contributed by atoms with Crippen LogP contribution in [0.5, 0.6) is 0 Å². The van der Waals surface area contributed by atoms with Crippen LogP contribution in [-0.4, -0.2) is 58.7 Å². The zero-order chi connectivity index (χ0) is 10.7.